The van der Waals surface area contributed by atoms with E-state index >= 15 is 0 Å². The van der Waals surface area contributed by atoms with E-state index in [2.05, 4.69) is 68.6 Å². The van der Waals surface area contributed by atoms with Gasteiger partial charge in [0.15, 0.2) is 0 Å². The minimum atomic E-state index is 0.429. The number of nitrogens with one attached hydrogen (secondary N) is 1. The number of methoxy groups -OCH3 is 1. The monoisotopic (exact) mass is 283 g/mol. The van der Waals surface area contributed by atoms with Gasteiger partial charge in [0.1, 0.15) is 5.75 Å². The molecule has 2 aromatic carbocycles. The van der Waals surface area contributed by atoms with Crippen molar-refractivity contribution < 1.29 is 4.74 Å². The molecule has 1 atom stereocenters. The van der Waals surface area contributed by atoms with Gasteiger partial charge in [0.2, 0.25) is 0 Å². The molecule has 0 aliphatic carbocycles. The van der Waals surface area contributed by atoms with E-state index in [-0.39, 0.29) is 0 Å². The van der Waals surface area contributed by atoms with Gasteiger partial charge in [-0.1, -0.05) is 43.3 Å². The molecule has 21 heavy (non-hydrogen) atoms. The third-order valence-corrected chi connectivity index (χ3v) is 3.98. The van der Waals surface area contributed by atoms with E-state index < -0.39 is 0 Å². The van der Waals surface area contributed by atoms with Gasteiger partial charge in [-0.2, -0.15) is 0 Å². The topological polar surface area (TPSA) is 21.3 Å². The van der Waals surface area contributed by atoms with Gasteiger partial charge in [-0.25, -0.2) is 0 Å². The van der Waals surface area contributed by atoms with Crippen molar-refractivity contribution in [3.05, 3.63) is 59.2 Å². The smallest absolute Gasteiger partial charge is 0.126 e. The van der Waals surface area contributed by atoms with Crippen LogP contribution in [-0.2, 0) is 6.42 Å². The van der Waals surface area contributed by atoms with Gasteiger partial charge >= 0.3 is 0 Å². The Kier molecular flexibility index (Phi) is 5.26. The number of ether oxygens (including phenoxy) is 1. The highest BCUT2D eigenvalue weighted by Crippen LogP contribution is 2.30. The quantitative estimate of drug-likeness (QED) is 0.826. The lowest BCUT2D eigenvalue weighted by Gasteiger charge is -2.21. The summed E-state index contributed by atoms with van der Waals surface area (Å²) in [7, 11) is 1.74. The first-order valence-electron chi connectivity index (χ1n) is 7.60. The van der Waals surface area contributed by atoms with Crippen LogP contribution in [0.3, 0.4) is 0 Å². The fourth-order valence-electron chi connectivity index (χ4n) is 2.71. The van der Waals surface area contributed by atoms with Crippen molar-refractivity contribution in [3.63, 3.8) is 0 Å². The molecule has 0 radical (unpaired) electrons. The fraction of sp³-hybridized carbons (Fsp3) is 0.368. The van der Waals surface area contributed by atoms with Crippen LogP contribution in [0.2, 0.25) is 0 Å². The summed E-state index contributed by atoms with van der Waals surface area (Å²) in [5.74, 6) is 0.981. The number of rotatable bonds is 6. The Morgan fingerprint density at radius 1 is 1.05 bits per heavy atom. The molecule has 0 aliphatic rings. The van der Waals surface area contributed by atoms with Crippen molar-refractivity contribution in [1.29, 1.82) is 0 Å². The summed E-state index contributed by atoms with van der Waals surface area (Å²) in [6, 6.07) is 15.3. The van der Waals surface area contributed by atoms with E-state index in [1.54, 1.807) is 7.11 Å². The van der Waals surface area contributed by atoms with Crippen LogP contribution < -0.4 is 10.1 Å². The number of benzene rings is 2. The van der Waals surface area contributed by atoms with Crippen molar-refractivity contribution in [3.8, 4) is 5.75 Å². The predicted octanol–water partition coefficient (Wildman–Crippen LogP) is 4.75. The first-order valence-corrected chi connectivity index (χ1v) is 7.60. The van der Waals surface area contributed by atoms with E-state index in [9.17, 15) is 0 Å². The van der Waals surface area contributed by atoms with Gasteiger partial charge in [0.05, 0.1) is 7.11 Å². The summed E-state index contributed by atoms with van der Waals surface area (Å²) >= 11 is 0. The zero-order valence-corrected chi connectivity index (χ0v) is 13.4. The molecule has 2 heteroatoms. The summed E-state index contributed by atoms with van der Waals surface area (Å²) in [6.07, 6.45) is 2.12. The number of hydrogen-bond acceptors (Lipinski definition) is 2. The molecule has 0 aliphatic heterocycles. The van der Waals surface area contributed by atoms with Gasteiger partial charge in [0.25, 0.3) is 0 Å². The first-order chi connectivity index (χ1) is 10.2. The lowest BCUT2D eigenvalue weighted by Crippen LogP contribution is -2.22. The molecule has 2 rings (SSSR count). The summed E-state index contributed by atoms with van der Waals surface area (Å²) in [4.78, 5) is 0. The Morgan fingerprint density at radius 2 is 1.76 bits per heavy atom. The van der Waals surface area contributed by atoms with Crippen LogP contribution in [-0.4, -0.2) is 13.2 Å². The summed E-state index contributed by atoms with van der Waals surface area (Å²) in [5, 5.41) is 3.67. The van der Waals surface area contributed by atoms with Crippen molar-refractivity contribution in [2.24, 2.45) is 0 Å². The van der Waals surface area contributed by atoms with Gasteiger partial charge in [-0.15, -0.1) is 0 Å². The fourth-order valence-corrected chi connectivity index (χ4v) is 2.71. The predicted molar refractivity (Wildman–Crippen MR) is 90.3 cm³/mol. The first kappa shape index (κ1) is 15.4. The Hall–Kier alpha value is -1.96. The maximum absolute atomic E-state index is 5.51. The molecule has 112 valence electrons. The van der Waals surface area contributed by atoms with Crippen LogP contribution in [0, 0.1) is 13.8 Å². The molecular formula is C19H25NO. The van der Waals surface area contributed by atoms with Crippen LogP contribution in [0.1, 0.15) is 30.0 Å². The highest BCUT2D eigenvalue weighted by molar-refractivity contribution is 5.60. The SMILES string of the molecule is CCC(Cc1ccccc1)Nc1ccc(C)c(OC)c1C. The van der Waals surface area contributed by atoms with E-state index in [1.165, 1.54) is 22.4 Å². The molecule has 0 spiro atoms. The van der Waals surface area contributed by atoms with Gasteiger partial charge in [-0.3, -0.25) is 0 Å². The van der Waals surface area contributed by atoms with Crippen LogP contribution >= 0.6 is 0 Å². The zero-order valence-electron chi connectivity index (χ0n) is 13.4. The highest BCUT2D eigenvalue weighted by Gasteiger charge is 2.12. The largest absolute Gasteiger partial charge is 0.496 e. The number of hydrogen-bond donors (Lipinski definition) is 1. The maximum Gasteiger partial charge on any atom is 0.126 e. The highest BCUT2D eigenvalue weighted by atomic mass is 16.5. The average Bonchev–Trinajstić information content (AvgIpc) is 2.50. The van der Waals surface area contributed by atoms with Gasteiger partial charge < -0.3 is 10.1 Å². The normalized spacial score (nSPS) is 12.0. The molecule has 1 N–H and O–H groups in total. The number of anilines is 1. The number of aryl methyl sites for hydroxylation is 1. The van der Waals surface area contributed by atoms with Gasteiger partial charge in [-0.05, 0) is 43.9 Å². The van der Waals surface area contributed by atoms with E-state index in [0.717, 1.165) is 18.6 Å². The van der Waals surface area contributed by atoms with E-state index in [0.29, 0.717) is 6.04 Å². The Labute approximate surface area is 128 Å². The van der Waals surface area contributed by atoms with Crippen LogP contribution in [0.15, 0.2) is 42.5 Å². The van der Waals surface area contributed by atoms with Crippen molar-refractivity contribution in [1.82, 2.24) is 0 Å². The third-order valence-electron chi connectivity index (χ3n) is 3.98. The van der Waals surface area contributed by atoms with Crippen molar-refractivity contribution in [2.75, 3.05) is 12.4 Å². The Balaban J connectivity index is 2.15. The lowest BCUT2D eigenvalue weighted by atomic mass is 10.0. The summed E-state index contributed by atoms with van der Waals surface area (Å²) in [6.45, 7) is 6.42. The van der Waals surface area contributed by atoms with Crippen LogP contribution in [0.5, 0.6) is 5.75 Å². The third kappa shape index (κ3) is 3.78. The minimum Gasteiger partial charge on any atom is -0.496 e. The molecule has 0 amide bonds. The molecular weight excluding hydrogens is 258 g/mol. The molecule has 0 heterocycles. The standard InChI is InChI=1S/C19H25NO/c1-5-17(13-16-9-7-6-8-10-16)20-18-12-11-14(2)19(21-4)15(18)3/h6-12,17,20H,5,13H2,1-4H3. The van der Waals surface area contributed by atoms with E-state index in [4.69, 9.17) is 4.74 Å². The average molecular weight is 283 g/mol. The lowest BCUT2D eigenvalue weighted by molar-refractivity contribution is 0.408. The second-order valence-corrected chi connectivity index (χ2v) is 5.53. The second-order valence-electron chi connectivity index (χ2n) is 5.53. The minimum absolute atomic E-state index is 0.429. The van der Waals surface area contributed by atoms with Crippen molar-refractivity contribution >= 4 is 5.69 Å². The molecule has 0 saturated carbocycles. The Bertz CT molecular complexity index is 578. The summed E-state index contributed by atoms with van der Waals surface area (Å²) in [5.41, 5.74) is 4.90. The zero-order chi connectivity index (χ0) is 15.2. The molecule has 1 unspecified atom stereocenters. The van der Waals surface area contributed by atoms with Gasteiger partial charge in [0, 0.05) is 17.3 Å². The summed E-state index contributed by atoms with van der Waals surface area (Å²) < 4.78 is 5.51. The second kappa shape index (κ2) is 7.16. The molecule has 0 fully saturated rings. The Morgan fingerprint density at radius 3 is 2.38 bits per heavy atom. The van der Waals surface area contributed by atoms with Crippen molar-refractivity contribution in [2.45, 2.75) is 39.7 Å². The van der Waals surface area contributed by atoms with Crippen LogP contribution in [0.25, 0.3) is 0 Å². The van der Waals surface area contributed by atoms with E-state index in [1.807, 2.05) is 0 Å². The molecule has 2 aromatic rings. The maximum atomic E-state index is 5.51. The molecule has 0 aromatic heterocycles. The molecule has 0 saturated heterocycles. The molecule has 0 bridgehead atoms. The van der Waals surface area contributed by atoms with Crippen LogP contribution in [0.4, 0.5) is 5.69 Å². The molecule has 2 nitrogen and oxygen atoms in total.